The van der Waals surface area contributed by atoms with Gasteiger partial charge in [0.05, 0.1) is 6.10 Å². The molecule has 0 unspecified atom stereocenters. The Morgan fingerprint density at radius 3 is 1.78 bits per heavy atom. The SMILES string of the molecule is CC[C@@H](O)[C@H](C)C(C)C. The van der Waals surface area contributed by atoms with Crippen molar-refractivity contribution in [3.8, 4) is 0 Å². The zero-order chi connectivity index (χ0) is 7.44. The molecule has 0 aromatic heterocycles. The van der Waals surface area contributed by atoms with Gasteiger partial charge in [0.25, 0.3) is 0 Å². The normalized spacial score (nSPS) is 18.0. The van der Waals surface area contributed by atoms with Gasteiger partial charge in [-0.1, -0.05) is 27.7 Å². The van der Waals surface area contributed by atoms with Gasteiger partial charge in [-0.05, 0) is 18.3 Å². The average Bonchev–Trinajstić information content (AvgIpc) is 1.84. The minimum absolute atomic E-state index is 0.106. The standard InChI is InChI=1S/C8H18O/c1-5-8(9)7(4)6(2)3/h6-9H,5H2,1-4H3/t7-,8-/m1/s1. The molecule has 56 valence electrons. The Morgan fingerprint density at radius 1 is 1.22 bits per heavy atom. The molecule has 0 heterocycles. The summed E-state index contributed by atoms with van der Waals surface area (Å²) in [6, 6.07) is 0. The van der Waals surface area contributed by atoms with Crippen molar-refractivity contribution < 1.29 is 5.11 Å². The lowest BCUT2D eigenvalue weighted by Crippen LogP contribution is -2.20. The van der Waals surface area contributed by atoms with E-state index in [0.29, 0.717) is 11.8 Å². The minimum atomic E-state index is -0.106. The smallest absolute Gasteiger partial charge is 0.0565 e. The first-order chi connectivity index (χ1) is 4.09. The van der Waals surface area contributed by atoms with E-state index in [0.717, 1.165) is 6.42 Å². The molecule has 0 rings (SSSR count). The molecule has 0 aliphatic rings. The van der Waals surface area contributed by atoms with Gasteiger partial charge in [0.15, 0.2) is 0 Å². The molecule has 0 spiro atoms. The highest BCUT2D eigenvalue weighted by Gasteiger charge is 2.14. The van der Waals surface area contributed by atoms with E-state index in [1.807, 2.05) is 6.92 Å². The molecule has 0 amide bonds. The molecule has 0 bridgehead atoms. The van der Waals surface area contributed by atoms with Crippen LogP contribution in [-0.4, -0.2) is 11.2 Å². The van der Waals surface area contributed by atoms with Gasteiger partial charge in [0, 0.05) is 0 Å². The number of hydrogen-bond donors (Lipinski definition) is 1. The summed E-state index contributed by atoms with van der Waals surface area (Å²) in [5.41, 5.74) is 0. The van der Waals surface area contributed by atoms with Crippen molar-refractivity contribution in [2.75, 3.05) is 0 Å². The Balaban J connectivity index is 3.58. The van der Waals surface area contributed by atoms with Gasteiger partial charge >= 0.3 is 0 Å². The lowest BCUT2D eigenvalue weighted by molar-refractivity contribution is 0.0884. The zero-order valence-corrected chi connectivity index (χ0v) is 6.89. The summed E-state index contributed by atoms with van der Waals surface area (Å²) >= 11 is 0. The molecule has 1 nitrogen and oxygen atoms in total. The molecule has 9 heavy (non-hydrogen) atoms. The fourth-order valence-electron chi connectivity index (χ4n) is 0.816. The van der Waals surface area contributed by atoms with Crippen molar-refractivity contribution >= 4 is 0 Å². The van der Waals surface area contributed by atoms with Crippen LogP contribution in [0.2, 0.25) is 0 Å². The van der Waals surface area contributed by atoms with Crippen LogP contribution in [0.3, 0.4) is 0 Å². The van der Waals surface area contributed by atoms with E-state index in [-0.39, 0.29) is 6.10 Å². The van der Waals surface area contributed by atoms with Crippen LogP contribution in [0.5, 0.6) is 0 Å². The van der Waals surface area contributed by atoms with Crippen LogP contribution in [0, 0.1) is 11.8 Å². The molecule has 0 saturated heterocycles. The number of aliphatic hydroxyl groups excluding tert-OH is 1. The maximum Gasteiger partial charge on any atom is 0.0565 e. The average molecular weight is 130 g/mol. The summed E-state index contributed by atoms with van der Waals surface area (Å²) < 4.78 is 0. The highest BCUT2D eigenvalue weighted by Crippen LogP contribution is 2.15. The first-order valence-electron chi connectivity index (χ1n) is 3.77. The van der Waals surface area contributed by atoms with E-state index in [1.165, 1.54) is 0 Å². The fourth-order valence-corrected chi connectivity index (χ4v) is 0.816. The second kappa shape index (κ2) is 3.89. The predicted octanol–water partition coefficient (Wildman–Crippen LogP) is 2.05. The van der Waals surface area contributed by atoms with Gasteiger partial charge in [-0.25, -0.2) is 0 Å². The Morgan fingerprint density at radius 2 is 1.67 bits per heavy atom. The van der Waals surface area contributed by atoms with Gasteiger partial charge in [0.2, 0.25) is 0 Å². The Labute approximate surface area is 58.1 Å². The Bertz CT molecular complexity index is 69.0. The molecule has 2 atom stereocenters. The molecule has 0 saturated carbocycles. The first kappa shape index (κ1) is 8.96. The van der Waals surface area contributed by atoms with Crippen molar-refractivity contribution in [3.05, 3.63) is 0 Å². The molecular weight excluding hydrogens is 112 g/mol. The van der Waals surface area contributed by atoms with Crippen LogP contribution in [0.4, 0.5) is 0 Å². The number of hydrogen-bond acceptors (Lipinski definition) is 1. The van der Waals surface area contributed by atoms with E-state index in [4.69, 9.17) is 0 Å². The van der Waals surface area contributed by atoms with E-state index in [1.54, 1.807) is 0 Å². The van der Waals surface area contributed by atoms with Crippen LogP contribution in [0.25, 0.3) is 0 Å². The molecule has 1 heteroatoms. The lowest BCUT2D eigenvalue weighted by Gasteiger charge is -2.20. The number of aliphatic hydroxyl groups is 1. The third-order valence-corrected chi connectivity index (χ3v) is 2.08. The van der Waals surface area contributed by atoms with Gasteiger partial charge in [-0.15, -0.1) is 0 Å². The quantitative estimate of drug-likeness (QED) is 0.620. The lowest BCUT2D eigenvalue weighted by atomic mass is 9.91. The van der Waals surface area contributed by atoms with Crippen molar-refractivity contribution in [1.29, 1.82) is 0 Å². The second-order valence-electron chi connectivity index (χ2n) is 3.08. The van der Waals surface area contributed by atoms with Crippen LogP contribution in [0.15, 0.2) is 0 Å². The molecule has 0 aromatic carbocycles. The zero-order valence-electron chi connectivity index (χ0n) is 6.89. The van der Waals surface area contributed by atoms with Crippen LogP contribution in [-0.2, 0) is 0 Å². The van der Waals surface area contributed by atoms with Crippen molar-refractivity contribution in [2.24, 2.45) is 11.8 Å². The minimum Gasteiger partial charge on any atom is -0.393 e. The molecule has 0 aliphatic carbocycles. The summed E-state index contributed by atoms with van der Waals surface area (Å²) in [4.78, 5) is 0. The monoisotopic (exact) mass is 130 g/mol. The van der Waals surface area contributed by atoms with E-state index >= 15 is 0 Å². The third-order valence-electron chi connectivity index (χ3n) is 2.08. The van der Waals surface area contributed by atoms with E-state index in [9.17, 15) is 5.11 Å². The molecule has 0 fully saturated rings. The number of rotatable bonds is 3. The molecule has 1 N–H and O–H groups in total. The molecule has 0 radical (unpaired) electrons. The summed E-state index contributed by atoms with van der Waals surface area (Å²) in [6.07, 6.45) is 0.768. The van der Waals surface area contributed by atoms with Crippen molar-refractivity contribution in [2.45, 2.75) is 40.2 Å². The molecule has 0 aliphatic heterocycles. The van der Waals surface area contributed by atoms with Crippen molar-refractivity contribution in [3.63, 3.8) is 0 Å². The van der Waals surface area contributed by atoms with E-state index < -0.39 is 0 Å². The summed E-state index contributed by atoms with van der Waals surface area (Å²) in [5, 5.41) is 9.30. The first-order valence-corrected chi connectivity index (χ1v) is 3.77. The summed E-state index contributed by atoms with van der Waals surface area (Å²) in [7, 11) is 0. The second-order valence-corrected chi connectivity index (χ2v) is 3.08. The highest BCUT2D eigenvalue weighted by molar-refractivity contribution is 4.64. The predicted molar refractivity (Wildman–Crippen MR) is 40.3 cm³/mol. The summed E-state index contributed by atoms with van der Waals surface area (Å²) in [6.45, 7) is 8.40. The Hall–Kier alpha value is -0.0400. The van der Waals surface area contributed by atoms with Crippen LogP contribution < -0.4 is 0 Å². The maximum absolute atomic E-state index is 9.30. The van der Waals surface area contributed by atoms with Crippen LogP contribution >= 0.6 is 0 Å². The highest BCUT2D eigenvalue weighted by atomic mass is 16.3. The van der Waals surface area contributed by atoms with Crippen LogP contribution in [0.1, 0.15) is 34.1 Å². The van der Waals surface area contributed by atoms with Crippen molar-refractivity contribution in [1.82, 2.24) is 0 Å². The van der Waals surface area contributed by atoms with Gasteiger partial charge < -0.3 is 5.11 Å². The van der Waals surface area contributed by atoms with Gasteiger partial charge in [-0.3, -0.25) is 0 Å². The molecular formula is C8H18O. The molecule has 0 aromatic rings. The summed E-state index contributed by atoms with van der Waals surface area (Å²) in [5.74, 6) is 1.04. The van der Waals surface area contributed by atoms with Gasteiger partial charge in [-0.2, -0.15) is 0 Å². The largest absolute Gasteiger partial charge is 0.393 e. The van der Waals surface area contributed by atoms with Gasteiger partial charge in [0.1, 0.15) is 0 Å². The van der Waals surface area contributed by atoms with E-state index in [2.05, 4.69) is 20.8 Å². The fraction of sp³-hybridized carbons (Fsp3) is 1.00. The Kier molecular flexibility index (Phi) is 3.87. The topological polar surface area (TPSA) is 20.2 Å². The third kappa shape index (κ3) is 2.85. The maximum atomic E-state index is 9.30.